The number of benzene rings is 2. The van der Waals surface area contributed by atoms with Gasteiger partial charge in [0.1, 0.15) is 0 Å². The van der Waals surface area contributed by atoms with Crippen LogP contribution >= 0.6 is 10.9 Å². The summed E-state index contributed by atoms with van der Waals surface area (Å²) in [6.07, 6.45) is 0. The predicted octanol–water partition coefficient (Wildman–Crippen LogP) is 7.13. The molecule has 0 spiro atoms. The zero-order valence-electron chi connectivity index (χ0n) is 14.3. The van der Waals surface area contributed by atoms with Crippen molar-refractivity contribution in [2.24, 2.45) is 0 Å². The van der Waals surface area contributed by atoms with Crippen molar-refractivity contribution in [3.8, 4) is 0 Å². The van der Waals surface area contributed by atoms with Crippen LogP contribution in [0.4, 0.5) is 26.0 Å². The van der Waals surface area contributed by atoms with Crippen molar-refractivity contribution >= 4 is 18.1 Å². The Labute approximate surface area is 146 Å². The summed E-state index contributed by atoms with van der Waals surface area (Å²) in [6.45, 7) is 7.70. The fourth-order valence-corrected chi connectivity index (χ4v) is 4.28. The fourth-order valence-electron chi connectivity index (χ4n) is 2.20. The van der Waals surface area contributed by atoms with E-state index in [2.05, 4.69) is 0 Å². The molecule has 0 saturated heterocycles. The zero-order valence-corrected chi connectivity index (χ0v) is 15.1. The van der Waals surface area contributed by atoms with Crippen LogP contribution in [0, 0.1) is 27.7 Å². The van der Waals surface area contributed by atoms with E-state index >= 15 is 0 Å². The summed E-state index contributed by atoms with van der Waals surface area (Å²) >= 11 is 0. The molecule has 2 rings (SSSR count). The van der Waals surface area contributed by atoms with Gasteiger partial charge in [-0.3, -0.25) is 0 Å². The second kappa shape index (κ2) is 8.69. The van der Waals surface area contributed by atoms with Gasteiger partial charge >= 0.3 is 7.25 Å². The lowest BCUT2D eigenvalue weighted by atomic mass is 10.2. The first-order valence-corrected chi connectivity index (χ1v) is 8.72. The highest BCUT2D eigenvalue weighted by Gasteiger charge is 2.25. The smallest absolute Gasteiger partial charge is 0.418 e. The summed E-state index contributed by atoms with van der Waals surface area (Å²) in [6, 6.07) is 11.6. The number of hydrogen-bond donors (Lipinski definition) is 0. The van der Waals surface area contributed by atoms with Gasteiger partial charge in [0.2, 0.25) is 0 Å². The van der Waals surface area contributed by atoms with E-state index < -0.39 is 23.9 Å². The topological polar surface area (TPSA) is 0 Å². The molecule has 0 N–H and O–H groups in total. The average molecular weight is 380 g/mol. The van der Waals surface area contributed by atoms with Crippen LogP contribution in [0.1, 0.15) is 22.3 Å². The third-order valence-electron chi connectivity index (χ3n) is 3.34. The van der Waals surface area contributed by atoms with Crippen LogP contribution in [0.15, 0.2) is 46.2 Å². The number of aryl methyl sites for hydroxylation is 4. The molecule has 1 radical (unpaired) electrons. The van der Waals surface area contributed by atoms with Gasteiger partial charge < -0.3 is 17.3 Å². The highest BCUT2D eigenvalue weighted by Crippen LogP contribution is 2.52. The van der Waals surface area contributed by atoms with Crippen molar-refractivity contribution in [3.05, 3.63) is 58.7 Å². The summed E-state index contributed by atoms with van der Waals surface area (Å²) in [5.41, 5.74) is 3.91. The number of alkyl halides is 2. The van der Waals surface area contributed by atoms with Gasteiger partial charge in [0.05, 0.1) is 0 Å². The van der Waals surface area contributed by atoms with E-state index in [1.54, 1.807) is 0 Å². The Balaban J connectivity index is 0.000000550. The van der Waals surface area contributed by atoms with Gasteiger partial charge in [0.15, 0.2) is 0 Å². The summed E-state index contributed by atoms with van der Waals surface area (Å²) in [4.78, 5) is 1.52. The van der Waals surface area contributed by atoms with Crippen molar-refractivity contribution in [2.75, 3.05) is 0 Å². The van der Waals surface area contributed by atoms with Crippen LogP contribution in [0.5, 0.6) is 0 Å². The molecular formula is C17H19BF6S-. The van der Waals surface area contributed by atoms with Gasteiger partial charge in [-0.05, 0) is 51.0 Å². The molecule has 0 nitrogen and oxygen atoms in total. The third kappa shape index (κ3) is 7.06. The van der Waals surface area contributed by atoms with Gasteiger partial charge in [-0.2, -0.15) is 8.78 Å². The Bertz CT molecular complexity index is 657. The van der Waals surface area contributed by atoms with E-state index in [-0.39, 0.29) is 0 Å². The van der Waals surface area contributed by atoms with Crippen LogP contribution in [-0.4, -0.2) is 13.0 Å². The lowest BCUT2D eigenvalue weighted by molar-refractivity contribution is 0.249. The first-order valence-electron chi connectivity index (χ1n) is 7.43. The lowest BCUT2D eigenvalue weighted by Crippen LogP contribution is -2.02. The van der Waals surface area contributed by atoms with E-state index in [9.17, 15) is 26.0 Å². The molecule has 0 saturated carbocycles. The minimum atomic E-state index is -6.00. The van der Waals surface area contributed by atoms with Crippen molar-refractivity contribution in [2.45, 2.75) is 43.2 Å². The molecule has 25 heavy (non-hydrogen) atoms. The molecule has 2 aromatic carbocycles. The zero-order chi connectivity index (χ0) is 19.4. The molecule has 0 aliphatic carbocycles. The molecule has 0 aromatic heterocycles. The van der Waals surface area contributed by atoms with Crippen LogP contribution in [0.2, 0.25) is 0 Å². The van der Waals surface area contributed by atoms with Gasteiger partial charge in [0.25, 0.3) is 5.76 Å². The molecule has 0 fully saturated rings. The normalized spacial score (nSPS) is 11.5. The minimum absolute atomic E-state index is 0.758. The molecule has 0 aliphatic rings. The first-order chi connectivity index (χ1) is 11.4. The maximum Gasteiger partial charge on any atom is 0.673 e. The van der Waals surface area contributed by atoms with Crippen LogP contribution in [0.25, 0.3) is 0 Å². The summed E-state index contributed by atoms with van der Waals surface area (Å²) in [5.74, 6) is -2.38. The average Bonchev–Trinajstić information content (AvgIpc) is 2.44. The molecule has 139 valence electrons. The molecule has 2 aromatic rings. The summed E-state index contributed by atoms with van der Waals surface area (Å²) in [7, 11) is -7.18. The fraction of sp³-hybridized carbons (Fsp3) is 0.294. The van der Waals surface area contributed by atoms with E-state index in [1.165, 1.54) is 0 Å². The monoisotopic (exact) mass is 380 g/mol. The Morgan fingerprint density at radius 3 is 1.32 bits per heavy atom. The summed E-state index contributed by atoms with van der Waals surface area (Å²) in [5, 5.41) is 0. The highest BCUT2D eigenvalue weighted by atomic mass is 32.2. The largest absolute Gasteiger partial charge is 0.673 e. The Morgan fingerprint density at radius 2 is 1.04 bits per heavy atom. The van der Waals surface area contributed by atoms with Crippen molar-refractivity contribution in [3.63, 3.8) is 0 Å². The predicted molar refractivity (Wildman–Crippen MR) is 92.1 cm³/mol. The number of hydrogen-bond acceptors (Lipinski definition) is 0. The molecule has 0 bridgehead atoms. The van der Waals surface area contributed by atoms with E-state index in [0.717, 1.165) is 32.0 Å². The number of rotatable bonds is 3. The van der Waals surface area contributed by atoms with Gasteiger partial charge in [-0.25, -0.2) is 0 Å². The second-order valence-electron chi connectivity index (χ2n) is 5.63. The maximum atomic E-state index is 13.7. The Morgan fingerprint density at radius 1 is 0.720 bits per heavy atom. The standard InChI is InChI=1S/C17H19F2S.BF4/c1-11-5-7-13(3)15(9-11)20(17(18)19)16-10-12(2)6-8-14(16)4;2-1(3,4)5/h5-10,17H,1-4H3;/q;-1. The van der Waals surface area contributed by atoms with Gasteiger partial charge in [-0.1, -0.05) is 46.3 Å². The molecule has 0 amide bonds. The summed E-state index contributed by atoms with van der Waals surface area (Å²) < 4.78 is 66.4. The van der Waals surface area contributed by atoms with E-state index in [1.807, 2.05) is 64.1 Å². The van der Waals surface area contributed by atoms with Gasteiger partial charge in [-0.15, -0.1) is 0 Å². The molecule has 0 unspecified atom stereocenters. The molecule has 0 heterocycles. The van der Waals surface area contributed by atoms with Crippen LogP contribution < -0.4 is 0 Å². The highest BCUT2D eigenvalue weighted by molar-refractivity contribution is 8.17. The van der Waals surface area contributed by atoms with Crippen molar-refractivity contribution in [1.29, 1.82) is 0 Å². The SMILES string of the molecule is Cc1ccc(C)c([S](c2cc(C)ccc2C)C(F)F)c1.F[B-](F)(F)F. The van der Waals surface area contributed by atoms with E-state index in [0.29, 0.717) is 0 Å². The molecule has 0 atom stereocenters. The molecule has 8 heteroatoms. The minimum Gasteiger partial charge on any atom is -0.418 e. The molecular weight excluding hydrogens is 361 g/mol. The van der Waals surface area contributed by atoms with Crippen molar-refractivity contribution < 1.29 is 26.0 Å². The van der Waals surface area contributed by atoms with Gasteiger partial charge in [0, 0.05) is 9.79 Å². The first kappa shape index (κ1) is 21.5. The maximum absolute atomic E-state index is 13.7. The molecule has 0 aliphatic heterocycles. The van der Waals surface area contributed by atoms with E-state index in [4.69, 9.17) is 0 Å². The lowest BCUT2D eigenvalue weighted by Gasteiger charge is -2.24. The third-order valence-corrected chi connectivity index (χ3v) is 5.52. The van der Waals surface area contributed by atoms with Crippen LogP contribution in [0.3, 0.4) is 0 Å². The van der Waals surface area contributed by atoms with Crippen molar-refractivity contribution in [1.82, 2.24) is 0 Å². The Kier molecular flexibility index (Phi) is 7.47. The quantitative estimate of drug-likeness (QED) is 0.393. The second-order valence-corrected chi connectivity index (χ2v) is 7.54. The van der Waals surface area contributed by atoms with Crippen LogP contribution in [-0.2, 0) is 0 Å². The number of halogens is 6. The Hall–Kier alpha value is -1.57.